The Kier molecular flexibility index (Phi) is 6.83. The molecule has 1 aliphatic heterocycles. The molecule has 1 unspecified atom stereocenters. The Labute approximate surface area is 118 Å². The maximum absolute atomic E-state index is 12.1. The highest BCUT2D eigenvalue weighted by molar-refractivity contribution is 7.87. The number of carbonyl (C=O) groups is 1. The minimum Gasteiger partial charge on any atom is -0.466 e. The smallest absolute Gasteiger partial charge is 0.310 e. The van der Waals surface area contributed by atoms with Crippen LogP contribution in [0.15, 0.2) is 0 Å². The fraction of sp³-hybridized carbons (Fsp3) is 0.909. The minimum absolute atomic E-state index is 0.0533. The van der Waals surface area contributed by atoms with Crippen molar-refractivity contribution in [1.29, 1.82) is 0 Å². The van der Waals surface area contributed by atoms with Crippen molar-refractivity contribution in [2.24, 2.45) is 5.92 Å². The van der Waals surface area contributed by atoms with Crippen LogP contribution in [0.3, 0.4) is 0 Å². The van der Waals surface area contributed by atoms with Crippen LogP contribution in [0.4, 0.5) is 0 Å². The second-order valence-electron chi connectivity index (χ2n) is 4.63. The van der Waals surface area contributed by atoms with E-state index in [-0.39, 0.29) is 13.2 Å². The van der Waals surface area contributed by atoms with Crippen LogP contribution in [0.2, 0.25) is 0 Å². The van der Waals surface area contributed by atoms with Gasteiger partial charge in [0, 0.05) is 13.1 Å². The number of aliphatic hydroxyl groups excluding tert-OH is 2. The van der Waals surface area contributed by atoms with E-state index in [1.165, 1.54) is 0 Å². The standard InChI is InChI=1S/C11H22N2O6S/c1-2-19-11(16)9-4-3-5-13(6-9)20(17,18)12-10(7-14)8-15/h9-10,12,14-15H,2-8H2,1H3. The van der Waals surface area contributed by atoms with Gasteiger partial charge in [-0.2, -0.15) is 17.4 Å². The van der Waals surface area contributed by atoms with Crippen LogP contribution in [-0.2, 0) is 19.7 Å². The van der Waals surface area contributed by atoms with Gasteiger partial charge in [-0.15, -0.1) is 0 Å². The van der Waals surface area contributed by atoms with E-state index in [9.17, 15) is 13.2 Å². The molecule has 0 aromatic heterocycles. The van der Waals surface area contributed by atoms with E-state index in [4.69, 9.17) is 14.9 Å². The Hall–Kier alpha value is -0.740. The summed E-state index contributed by atoms with van der Waals surface area (Å²) >= 11 is 0. The predicted molar refractivity (Wildman–Crippen MR) is 70.9 cm³/mol. The van der Waals surface area contributed by atoms with Crippen LogP contribution in [0.1, 0.15) is 19.8 Å². The van der Waals surface area contributed by atoms with Gasteiger partial charge in [0.25, 0.3) is 10.2 Å². The lowest BCUT2D eigenvalue weighted by molar-refractivity contribution is -0.149. The molecule has 1 atom stereocenters. The van der Waals surface area contributed by atoms with Gasteiger partial charge < -0.3 is 14.9 Å². The number of esters is 1. The van der Waals surface area contributed by atoms with Crippen molar-refractivity contribution in [3.63, 3.8) is 0 Å². The highest BCUT2D eigenvalue weighted by Crippen LogP contribution is 2.20. The number of aliphatic hydroxyl groups is 2. The van der Waals surface area contributed by atoms with E-state index in [0.29, 0.717) is 19.4 Å². The molecule has 0 saturated carbocycles. The zero-order chi connectivity index (χ0) is 15.2. The molecule has 0 amide bonds. The van der Waals surface area contributed by atoms with Crippen LogP contribution >= 0.6 is 0 Å². The lowest BCUT2D eigenvalue weighted by Crippen LogP contribution is -2.51. The van der Waals surface area contributed by atoms with Crippen molar-refractivity contribution < 1.29 is 28.2 Å². The van der Waals surface area contributed by atoms with Crippen LogP contribution in [-0.4, -0.2) is 67.9 Å². The fourth-order valence-electron chi connectivity index (χ4n) is 2.03. The number of carbonyl (C=O) groups excluding carboxylic acids is 1. The van der Waals surface area contributed by atoms with Crippen LogP contribution in [0, 0.1) is 5.92 Å². The molecular formula is C11H22N2O6S. The predicted octanol–water partition coefficient (Wildman–Crippen LogP) is -1.55. The van der Waals surface area contributed by atoms with Crippen LogP contribution < -0.4 is 4.72 Å². The Morgan fingerprint density at radius 3 is 2.65 bits per heavy atom. The molecule has 118 valence electrons. The number of rotatable bonds is 7. The third-order valence-corrected chi connectivity index (χ3v) is 4.74. The zero-order valence-electron chi connectivity index (χ0n) is 11.5. The molecule has 0 aliphatic carbocycles. The van der Waals surface area contributed by atoms with Gasteiger partial charge in [-0.05, 0) is 19.8 Å². The van der Waals surface area contributed by atoms with E-state index in [2.05, 4.69) is 4.72 Å². The van der Waals surface area contributed by atoms with Crippen LogP contribution in [0.25, 0.3) is 0 Å². The molecule has 1 saturated heterocycles. The fourth-order valence-corrected chi connectivity index (χ4v) is 3.50. The first-order valence-corrected chi connectivity index (χ1v) is 8.04. The molecule has 0 radical (unpaired) electrons. The lowest BCUT2D eigenvalue weighted by atomic mass is 10.0. The highest BCUT2D eigenvalue weighted by Gasteiger charge is 2.33. The van der Waals surface area contributed by atoms with Gasteiger partial charge in [0.2, 0.25) is 0 Å². The van der Waals surface area contributed by atoms with E-state index < -0.39 is 41.4 Å². The maximum Gasteiger partial charge on any atom is 0.310 e. The van der Waals surface area contributed by atoms with Crippen molar-refractivity contribution in [2.45, 2.75) is 25.8 Å². The number of nitrogens with one attached hydrogen (secondary N) is 1. The van der Waals surface area contributed by atoms with Gasteiger partial charge in [0.1, 0.15) is 0 Å². The number of ether oxygens (including phenoxy) is 1. The minimum atomic E-state index is -3.83. The van der Waals surface area contributed by atoms with E-state index in [0.717, 1.165) is 4.31 Å². The van der Waals surface area contributed by atoms with Crippen molar-refractivity contribution >= 4 is 16.2 Å². The second-order valence-corrected chi connectivity index (χ2v) is 6.34. The number of hydrogen-bond acceptors (Lipinski definition) is 6. The van der Waals surface area contributed by atoms with Gasteiger partial charge >= 0.3 is 5.97 Å². The Morgan fingerprint density at radius 2 is 2.10 bits per heavy atom. The molecule has 20 heavy (non-hydrogen) atoms. The lowest BCUT2D eigenvalue weighted by Gasteiger charge is -2.31. The molecule has 1 heterocycles. The Morgan fingerprint density at radius 1 is 1.45 bits per heavy atom. The number of nitrogens with zero attached hydrogens (tertiary/aromatic N) is 1. The number of piperidine rings is 1. The van der Waals surface area contributed by atoms with Crippen molar-refractivity contribution in [3.05, 3.63) is 0 Å². The molecule has 1 aliphatic rings. The summed E-state index contributed by atoms with van der Waals surface area (Å²) in [7, 11) is -3.83. The summed E-state index contributed by atoms with van der Waals surface area (Å²) in [5.41, 5.74) is 0. The molecule has 0 aromatic rings. The number of hydrogen-bond donors (Lipinski definition) is 3. The molecule has 0 spiro atoms. The Balaban J connectivity index is 2.68. The van der Waals surface area contributed by atoms with Gasteiger partial charge in [0.15, 0.2) is 0 Å². The van der Waals surface area contributed by atoms with Crippen molar-refractivity contribution in [1.82, 2.24) is 9.03 Å². The maximum atomic E-state index is 12.1. The summed E-state index contributed by atoms with van der Waals surface area (Å²) < 4.78 is 32.4. The molecule has 9 heteroatoms. The molecule has 1 fully saturated rings. The average Bonchev–Trinajstić information content (AvgIpc) is 2.45. The molecular weight excluding hydrogens is 288 g/mol. The third-order valence-electron chi connectivity index (χ3n) is 3.10. The first-order chi connectivity index (χ1) is 9.44. The van der Waals surface area contributed by atoms with Gasteiger partial charge in [-0.3, -0.25) is 4.79 Å². The first kappa shape index (κ1) is 17.3. The molecule has 8 nitrogen and oxygen atoms in total. The largest absolute Gasteiger partial charge is 0.466 e. The molecule has 1 rings (SSSR count). The summed E-state index contributed by atoms with van der Waals surface area (Å²) in [5.74, 6) is -0.866. The molecule has 0 bridgehead atoms. The molecule has 0 aromatic carbocycles. The normalized spacial score (nSPS) is 21.1. The zero-order valence-corrected chi connectivity index (χ0v) is 12.3. The van der Waals surface area contributed by atoms with Gasteiger partial charge in [-0.25, -0.2) is 0 Å². The van der Waals surface area contributed by atoms with Gasteiger partial charge in [-0.1, -0.05) is 0 Å². The summed E-state index contributed by atoms with van der Waals surface area (Å²) in [5, 5.41) is 17.8. The third kappa shape index (κ3) is 4.67. The summed E-state index contributed by atoms with van der Waals surface area (Å²) in [6, 6.07) is -0.942. The molecule has 3 N–H and O–H groups in total. The van der Waals surface area contributed by atoms with Crippen molar-refractivity contribution in [2.75, 3.05) is 32.9 Å². The SMILES string of the molecule is CCOC(=O)C1CCCN(S(=O)(=O)NC(CO)CO)C1. The van der Waals surface area contributed by atoms with E-state index in [1.807, 2.05) is 0 Å². The summed E-state index contributed by atoms with van der Waals surface area (Å²) in [6.07, 6.45) is 1.15. The van der Waals surface area contributed by atoms with E-state index in [1.54, 1.807) is 6.92 Å². The quantitative estimate of drug-likeness (QED) is 0.490. The monoisotopic (exact) mass is 310 g/mol. The summed E-state index contributed by atoms with van der Waals surface area (Å²) in [4.78, 5) is 11.7. The van der Waals surface area contributed by atoms with E-state index >= 15 is 0 Å². The topological polar surface area (TPSA) is 116 Å². The van der Waals surface area contributed by atoms with Crippen LogP contribution in [0.5, 0.6) is 0 Å². The summed E-state index contributed by atoms with van der Waals surface area (Å²) in [6.45, 7) is 1.32. The van der Waals surface area contributed by atoms with Crippen molar-refractivity contribution in [3.8, 4) is 0 Å². The van der Waals surface area contributed by atoms with Gasteiger partial charge in [0.05, 0.1) is 31.8 Å². The Bertz CT molecular complexity index is 409. The highest BCUT2D eigenvalue weighted by atomic mass is 32.2. The second kappa shape index (κ2) is 7.89. The average molecular weight is 310 g/mol. The first-order valence-electron chi connectivity index (χ1n) is 6.60.